The highest BCUT2D eigenvalue weighted by Gasteiger charge is 2.20. The molecule has 15 nitrogen and oxygen atoms in total. The van der Waals surface area contributed by atoms with Crippen molar-refractivity contribution in [1.29, 1.82) is 0 Å². The summed E-state index contributed by atoms with van der Waals surface area (Å²) in [6.45, 7) is 3.36. The number of aliphatic hydroxyl groups excluding tert-OH is 1. The first-order valence-electron chi connectivity index (χ1n) is 8.76. The van der Waals surface area contributed by atoms with Gasteiger partial charge in [-0.15, -0.1) is 16.8 Å². The molecule has 15 heteroatoms. The lowest BCUT2D eigenvalue weighted by molar-refractivity contribution is 0.0405. The molecular formula is C16H18N8O7. The molecule has 0 saturated carbocycles. The van der Waals surface area contributed by atoms with Crippen LogP contribution in [0, 0.1) is 0 Å². The smallest absolute Gasteiger partial charge is 0.329 e. The van der Waals surface area contributed by atoms with Crippen molar-refractivity contribution in [1.82, 2.24) is 29.1 Å². The third kappa shape index (κ3) is 4.41. The normalized spacial score (nSPS) is 12.6. The van der Waals surface area contributed by atoms with Crippen molar-refractivity contribution >= 4 is 22.8 Å². The maximum atomic E-state index is 12.4. The lowest BCUT2D eigenvalue weighted by Gasteiger charge is -2.12. The number of rotatable bonds is 8. The Balaban J connectivity index is 2.13. The maximum absolute atomic E-state index is 12.4. The Morgan fingerprint density at radius 3 is 2.61 bits per heavy atom. The van der Waals surface area contributed by atoms with Crippen LogP contribution in [0.1, 0.15) is 0 Å². The molecule has 5 N–H and O–H groups in total. The van der Waals surface area contributed by atoms with Gasteiger partial charge in [0.15, 0.2) is 11.2 Å². The number of nitrogens with zero attached hydrogens (tertiary/aromatic N) is 5. The standard InChI is InChI=1S/C16H18N8O7/c1-3-4-31-6-7(25)5-24-9-10(23(2)16(30)20-13(9)28)17-14(24)22-21-8-11(26)18-15(29)19-12(8)27/h3,7,25H,1,4-6H2,2H3,(H,20,28,30)(H3,18,19,26,27,29). The highest BCUT2D eigenvalue weighted by atomic mass is 16.5. The summed E-state index contributed by atoms with van der Waals surface area (Å²) in [5.74, 6) is -1.09. The van der Waals surface area contributed by atoms with Crippen molar-refractivity contribution in [2.24, 2.45) is 17.3 Å². The second kappa shape index (κ2) is 8.72. The number of aromatic amines is 3. The van der Waals surface area contributed by atoms with Crippen LogP contribution < -0.4 is 22.5 Å². The SMILES string of the molecule is C=CCOCC(O)Cn1c(N=Nc2c(O)[nH]c(=O)[nH]c2=O)nc2c1c(=O)[nH]c(=O)n2C. The van der Waals surface area contributed by atoms with Crippen molar-refractivity contribution < 1.29 is 14.9 Å². The molecule has 0 fully saturated rings. The number of fused-ring (bicyclic) bond motifs is 1. The average Bonchev–Trinajstić information content (AvgIpc) is 3.04. The van der Waals surface area contributed by atoms with Crippen LogP contribution in [0.15, 0.2) is 42.1 Å². The molecule has 3 heterocycles. The maximum Gasteiger partial charge on any atom is 0.329 e. The van der Waals surface area contributed by atoms with Crippen LogP contribution in [0.5, 0.6) is 5.88 Å². The van der Waals surface area contributed by atoms with Gasteiger partial charge in [-0.2, -0.15) is 4.98 Å². The van der Waals surface area contributed by atoms with E-state index in [1.54, 1.807) is 0 Å². The fourth-order valence-corrected chi connectivity index (χ4v) is 2.68. The third-order valence-corrected chi connectivity index (χ3v) is 4.06. The van der Waals surface area contributed by atoms with Crippen molar-refractivity contribution in [3.63, 3.8) is 0 Å². The molecule has 3 aromatic rings. The lowest BCUT2D eigenvalue weighted by atomic mass is 10.3. The van der Waals surface area contributed by atoms with E-state index < -0.39 is 40.2 Å². The van der Waals surface area contributed by atoms with Crippen molar-refractivity contribution in [3.8, 4) is 5.88 Å². The quantitative estimate of drug-likeness (QED) is 0.159. The second-order valence-corrected chi connectivity index (χ2v) is 6.30. The van der Waals surface area contributed by atoms with Gasteiger partial charge in [0.25, 0.3) is 17.1 Å². The minimum absolute atomic E-state index is 0.0542. The van der Waals surface area contributed by atoms with Gasteiger partial charge in [0.05, 0.1) is 25.9 Å². The summed E-state index contributed by atoms with van der Waals surface area (Å²) in [4.78, 5) is 57.3. The number of aryl methyl sites for hydroxylation is 1. The van der Waals surface area contributed by atoms with E-state index in [2.05, 4.69) is 26.8 Å². The molecule has 1 atom stereocenters. The largest absolute Gasteiger partial charge is 0.493 e. The van der Waals surface area contributed by atoms with E-state index in [1.165, 1.54) is 17.7 Å². The van der Waals surface area contributed by atoms with E-state index in [1.807, 2.05) is 9.97 Å². The first-order valence-corrected chi connectivity index (χ1v) is 8.76. The minimum Gasteiger partial charge on any atom is -0.493 e. The number of imidazole rings is 1. The van der Waals surface area contributed by atoms with Gasteiger partial charge in [-0.25, -0.2) is 9.59 Å². The fourth-order valence-electron chi connectivity index (χ4n) is 2.68. The number of hydrogen-bond acceptors (Lipinski definition) is 10. The number of aliphatic hydroxyl groups is 1. The Bertz CT molecular complexity index is 1390. The summed E-state index contributed by atoms with van der Waals surface area (Å²) < 4.78 is 7.41. The van der Waals surface area contributed by atoms with Gasteiger partial charge in [0, 0.05) is 7.05 Å². The predicted octanol–water partition coefficient (Wildman–Crippen LogP) is -1.52. The highest BCUT2D eigenvalue weighted by molar-refractivity contribution is 5.73. The minimum atomic E-state index is -1.10. The number of ether oxygens (including phenoxy) is 1. The van der Waals surface area contributed by atoms with E-state index >= 15 is 0 Å². The molecular weight excluding hydrogens is 416 g/mol. The van der Waals surface area contributed by atoms with Crippen LogP contribution in [0.4, 0.5) is 11.6 Å². The molecule has 31 heavy (non-hydrogen) atoms. The zero-order chi connectivity index (χ0) is 22.7. The summed E-state index contributed by atoms with van der Waals surface area (Å²) in [5.41, 5.74) is -4.23. The van der Waals surface area contributed by atoms with E-state index in [9.17, 15) is 29.4 Å². The van der Waals surface area contributed by atoms with Gasteiger partial charge in [-0.3, -0.25) is 33.7 Å². The fraction of sp³-hybridized carbons (Fsp3) is 0.312. The molecule has 0 saturated heterocycles. The molecule has 0 aliphatic rings. The van der Waals surface area contributed by atoms with Gasteiger partial charge in [-0.1, -0.05) is 6.08 Å². The van der Waals surface area contributed by atoms with E-state index in [0.717, 1.165) is 4.57 Å². The molecule has 3 rings (SSSR count). The van der Waals surface area contributed by atoms with Gasteiger partial charge in [-0.05, 0) is 0 Å². The van der Waals surface area contributed by atoms with Gasteiger partial charge in [0.2, 0.25) is 11.6 Å². The third-order valence-electron chi connectivity index (χ3n) is 4.06. The predicted molar refractivity (Wildman–Crippen MR) is 106 cm³/mol. The molecule has 0 bridgehead atoms. The first-order chi connectivity index (χ1) is 14.7. The van der Waals surface area contributed by atoms with Crippen LogP contribution in [-0.4, -0.2) is 58.6 Å². The monoisotopic (exact) mass is 434 g/mol. The van der Waals surface area contributed by atoms with E-state index in [4.69, 9.17) is 4.74 Å². The van der Waals surface area contributed by atoms with Crippen LogP contribution in [0.3, 0.4) is 0 Å². The zero-order valence-corrected chi connectivity index (χ0v) is 16.2. The van der Waals surface area contributed by atoms with Gasteiger partial charge < -0.3 is 14.9 Å². The van der Waals surface area contributed by atoms with E-state index in [0.29, 0.717) is 0 Å². The van der Waals surface area contributed by atoms with E-state index in [-0.39, 0.29) is 36.9 Å². The highest BCUT2D eigenvalue weighted by Crippen LogP contribution is 2.23. The number of aromatic nitrogens is 6. The lowest BCUT2D eigenvalue weighted by Crippen LogP contribution is -2.30. The molecule has 1 unspecified atom stereocenters. The number of aromatic hydroxyl groups is 1. The average molecular weight is 434 g/mol. The van der Waals surface area contributed by atoms with Crippen molar-refractivity contribution in [2.45, 2.75) is 12.6 Å². The van der Waals surface area contributed by atoms with Gasteiger partial charge >= 0.3 is 11.4 Å². The summed E-state index contributed by atoms with van der Waals surface area (Å²) in [6, 6.07) is 0. The molecule has 3 aromatic heterocycles. The molecule has 0 aliphatic carbocycles. The van der Waals surface area contributed by atoms with Gasteiger partial charge in [0.1, 0.15) is 0 Å². The molecule has 0 radical (unpaired) electrons. The summed E-state index contributed by atoms with van der Waals surface area (Å²) in [6.07, 6.45) is 0.390. The number of azo groups is 1. The van der Waals surface area contributed by atoms with Crippen LogP contribution in [-0.2, 0) is 18.3 Å². The number of hydrogen-bond donors (Lipinski definition) is 5. The van der Waals surface area contributed by atoms with Crippen LogP contribution in [0.25, 0.3) is 11.2 Å². The Kier molecular flexibility index (Phi) is 6.07. The Morgan fingerprint density at radius 1 is 1.19 bits per heavy atom. The van der Waals surface area contributed by atoms with Crippen LogP contribution in [0.2, 0.25) is 0 Å². The molecule has 0 aliphatic heterocycles. The van der Waals surface area contributed by atoms with Crippen molar-refractivity contribution in [2.75, 3.05) is 13.2 Å². The number of H-pyrrole nitrogens is 3. The second-order valence-electron chi connectivity index (χ2n) is 6.30. The summed E-state index contributed by atoms with van der Waals surface area (Å²) in [7, 11) is 1.36. The van der Waals surface area contributed by atoms with Crippen LogP contribution >= 0.6 is 0 Å². The topological polar surface area (TPSA) is 213 Å². The molecule has 0 spiro atoms. The molecule has 0 amide bonds. The van der Waals surface area contributed by atoms with Crippen molar-refractivity contribution in [3.05, 3.63) is 54.3 Å². The Morgan fingerprint density at radius 2 is 1.94 bits per heavy atom. The zero-order valence-electron chi connectivity index (χ0n) is 16.2. The first kappa shape index (κ1) is 21.6. The Hall–Kier alpha value is -4.11. The number of nitrogens with one attached hydrogen (secondary N) is 3. The molecule has 164 valence electrons. The Labute approximate surface area is 171 Å². The molecule has 0 aromatic carbocycles. The summed E-state index contributed by atoms with van der Waals surface area (Å²) >= 11 is 0. The summed E-state index contributed by atoms with van der Waals surface area (Å²) in [5, 5.41) is 27.3.